The highest BCUT2D eigenvalue weighted by Crippen LogP contribution is 2.42. The number of hydrogen-bond donors (Lipinski definition) is 1. The molecule has 0 amide bonds. The second-order valence-electron chi connectivity index (χ2n) is 5.71. The molecular weight excluding hydrogens is 242 g/mol. The molecule has 3 heterocycles. The molecule has 2 unspecified atom stereocenters. The second kappa shape index (κ2) is 4.58. The molecule has 3 nitrogen and oxygen atoms in total. The summed E-state index contributed by atoms with van der Waals surface area (Å²) in [4.78, 5) is 8.78. The van der Waals surface area contributed by atoms with Crippen LogP contribution < -0.4 is 5.73 Å². The van der Waals surface area contributed by atoms with Crippen LogP contribution in [0.5, 0.6) is 0 Å². The third-order valence-corrected chi connectivity index (χ3v) is 5.85. The third kappa shape index (κ3) is 1.82. The van der Waals surface area contributed by atoms with E-state index in [0.717, 1.165) is 19.4 Å². The van der Waals surface area contributed by atoms with Crippen molar-refractivity contribution in [2.75, 3.05) is 13.1 Å². The highest BCUT2D eigenvalue weighted by molar-refractivity contribution is 7.11. The number of rotatable bonds is 2. The van der Waals surface area contributed by atoms with Crippen molar-refractivity contribution in [3.8, 4) is 0 Å². The largest absolute Gasteiger partial charge is 0.318 e. The normalized spacial score (nSPS) is 32.7. The van der Waals surface area contributed by atoms with E-state index in [-0.39, 0.29) is 5.54 Å². The Morgan fingerprint density at radius 1 is 1.44 bits per heavy atom. The molecule has 0 aromatic carbocycles. The molecule has 4 heteroatoms. The molecule has 2 fully saturated rings. The lowest BCUT2D eigenvalue weighted by Crippen LogP contribution is -2.50. The minimum Gasteiger partial charge on any atom is -0.318 e. The van der Waals surface area contributed by atoms with Gasteiger partial charge in [0.2, 0.25) is 0 Å². The standard InChI is InChI=1S/C14H23N3S/c1-3-11-10(2)18-13(16-11)14(15)7-9-17-8-5-4-6-12(14)17/h12H,3-9,15H2,1-2H3. The first-order chi connectivity index (χ1) is 8.65. The first kappa shape index (κ1) is 12.6. The maximum Gasteiger partial charge on any atom is 0.115 e. The summed E-state index contributed by atoms with van der Waals surface area (Å²) in [6, 6.07) is 0.529. The summed E-state index contributed by atoms with van der Waals surface area (Å²) in [6.45, 7) is 6.74. The SMILES string of the molecule is CCc1nc(C2(N)CCN3CCCCC32)sc1C. The molecular formula is C14H23N3S. The van der Waals surface area contributed by atoms with Gasteiger partial charge in [-0.15, -0.1) is 11.3 Å². The Labute approximate surface area is 113 Å². The van der Waals surface area contributed by atoms with Gasteiger partial charge in [0, 0.05) is 17.5 Å². The summed E-state index contributed by atoms with van der Waals surface area (Å²) in [5.74, 6) is 0. The topological polar surface area (TPSA) is 42.1 Å². The maximum atomic E-state index is 6.78. The van der Waals surface area contributed by atoms with Crippen LogP contribution in [0.1, 0.15) is 48.2 Å². The van der Waals surface area contributed by atoms with Crippen LogP contribution in [0.2, 0.25) is 0 Å². The lowest BCUT2D eigenvalue weighted by molar-refractivity contribution is 0.156. The first-order valence-corrected chi connectivity index (χ1v) is 7.96. The van der Waals surface area contributed by atoms with E-state index in [4.69, 9.17) is 10.7 Å². The van der Waals surface area contributed by atoms with Crippen molar-refractivity contribution >= 4 is 11.3 Å². The maximum absolute atomic E-state index is 6.78. The summed E-state index contributed by atoms with van der Waals surface area (Å²) >= 11 is 1.83. The van der Waals surface area contributed by atoms with Crippen LogP contribution in [0.4, 0.5) is 0 Å². The van der Waals surface area contributed by atoms with Crippen LogP contribution >= 0.6 is 11.3 Å². The van der Waals surface area contributed by atoms with Crippen LogP contribution in [0.15, 0.2) is 0 Å². The first-order valence-electron chi connectivity index (χ1n) is 7.15. The molecule has 0 aliphatic carbocycles. The van der Waals surface area contributed by atoms with E-state index in [9.17, 15) is 0 Å². The minimum atomic E-state index is -0.177. The second-order valence-corrected chi connectivity index (χ2v) is 6.92. The fourth-order valence-corrected chi connectivity index (χ4v) is 4.72. The lowest BCUT2D eigenvalue weighted by Gasteiger charge is -2.37. The monoisotopic (exact) mass is 265 g/mol. The van der Waals surface area contributed by atoms with Crippen LogP contribution in [0.25, 0.3) is 0 Å². The molecule has 0 bridgehead atoms. The summed E-state index contributed by atoms with van der Waals surface area (Å²) in [6.07, 6.45) is 6.01. The fourth-order valence-electron chi connectivity index (χ4n) is 3.54. The van der Waals surface area contributed by atoms with E-state index in [2.05, 4.69) is 18.7 Å². The highest BCUT2D eigenvalue weighted by atomic mass is 32.1. The van der Waals surface area contributed by atoms with Crippen molar-refractivity contribution in [3.05, 3.63) is 15.6 Å². The smallest absolute Gasteiger partial charge is 0.115 e. The molecule has 18 heavy (non-hydrogen) atoms. The number of piperidine rings is 1. The Balaban J connectivity index is 1.93. The van der Waals surface area contributed by atoms with Gasteiger partial charge in [0.15, 0.2) is 0 Å². The Morgan fingerprint density at radius 2 is 2.28 bits per heavy atom. The number of thiazole rings is 1. The van der Waals surface area contributed by atoms with Crippen LogP contribution in [0, 0.1) is 6.92 Å². The van der Waals surface area contributed by atoms with Crippen molar-refractivity contribution in [1.82, 2.24) is 9.88 Å². The van der Waals surface area contributed by atoms with Gasteiger partial charge in [0.05, 0.1) is 11.2 Å². The van der Waals surface area contributed by atoms with Gasteiger partial charge in [0.25, 0.3) is 0 Å². The van der Waals surface area contributed by atoms with E-state index >= 15 is 0 Å². The molecule has 100 valence electrons. The van der Waals surface area contributed by atoms with Gasteiger partial charge >= 0.3 is 0 Å². The predicted molar refractivity (Wildman–Crippen MR) is 75.9 cm³/mol. The van der Waals surface area contributed by atoms with Crippen molar-refractivity contribution < 1.29 is 0 Å². The van der Waals surface area contributed by atoms with E-state index in [0.29, 0.717) is 6.04 Å². The Bertz CT molecular complexity index is 442. The van der Waals surface area contributed by atoms with E-state index in [1.165, 1.54) is 41.4 Å². The zero-order valence-electron chi connectivity index (χ0n) is 11.4. The zero-order chi connectivity index (χ0) is 12.8. The number of nitrogens with zero attached hydrogens (tertiary/aromatic N) is 2. The van der Waals surface area contributed by atoms with Gasteiger partial charge in [-0.1, -0.05) is 13.3 Å². The van der Waals surface area contributed by atoms with Gasteiger partial charge in [-0.2, -0.15) is 0 Å². The fraction of sp³-hybridized carbons (Fsp3) is 0.786. The molecule has 0 spiro atoms. The molecule has 0 radical (unpaired) electrons. The third-order valence-electron chi connectivity index (χ3n) is 4.65. The van der Waals surface area contributed by atoms with Gasteiger partial charge < -0.3 is 5.73 Å². The van der Waals surface area contributed by atoms with Crippen molar-refractivity contribution in [2.24, 2.45) is 5.73 Å². The predicted octanol–water partition coefficient (Wildman–Crippen LogP) is 2.43. The Morgan fingerprint density at radius 3 is 3.00 bits per heavy atom. The Kier molecular flexibility index (Phi) is 3.20. The van der Waals surface area contributed by atoms with E-state index in [1.54, 1.807) is 0 Å². The highest BCUT2D eigenvalue weighted by Gasteiger charge is 2.48. The van der Waals surface area contributed by atoms with Gasteiger partial charge in [0.1, 0.15) is 5.01 Å². The molecule has 2 aliphatic heterocycles. The average Bonchev–Trinajstić information content (AvgIpc) is 2.93. The lowest BCUT2D eigenvalue weighted by atomic mass is 9.87. The average molecular weight is 265 g/mol. The molecule has 1 aromatic rings. The molecule has 2 aliphatic rings. The number of nitrogens with two attached hydrogens (primary N) is 1. The molecule has 0 saturated carbocycles. The quantitative estimate of drug-likeness (QED) is 0.893. The number of hydrogen-bond acceptors (Lipinski definition) is 4. The Hall–Kier alpha value is -0.450. The van der Waals surface area contributed by atoms with Gasteiger partial charge in [-0.05, 0) is 39.2 Å². The summed E-state index contributed by atoms with van der Waals surface area (Å²) in [7, 11) is 0. The van der Waals surface area contributed by atoms with E-state index in [1.807, 2.05) is 11.3 Å². The summed E-state index contributed by atoms with van der Waals surface area (Å²) in [5, 5.41) is 1.19. The minimum absolute atomic E-state index is 0.177. The van der Waals surface area contributed by atoms with Crippen LogP contribution in [0.3, 0.4) is 0 Å². The molecule has 1 aromatic heterocycles. The zero-order valence-corrected chi connectivity index (χ0v) is 12.2. The number of aromatic nitrogens is 1. The molecule has 2 saturated heterocycles. The summed E-state index contributed by atoms with van der Waals surface area (Å²) in [5.41, 5.74) is 7.85. The molecule has 2 atom stereocenters. The number of aryl methyl sites for hydroxylation is 2. The van der Waals surface area contributed by atoms with Crippen molar-refractivity contribution in [2.45, 2.75) is 57.5 Å². The van der Waals surface area contributed by atoms with Crippen LogP contribution in [-0.2, 0) is 12.0 Å². The summed E-state index contributed by atoms with van der Waals surface area (Å²) < 4.78 is 0. The molecule has 2 N–H and O–H groups in total. The van der Waals surface area contributed by atoms with E-state index < -0.39 is 0 Å². The van der Waals surface area contributed by atoms with Gasteiger partial charge in [-0.25, -0.2) is 4.98 Å². The van der Waals surface area contributed by atoms with Crippen molar-refractivity contribution in [3.63, 3.8) is 0 Å². The van der Waals surface area contributed by atoms with Crippen LogP contribution in [-0.4, -0.2) is 29.0 Å². The van der Waals surface area contributed by atoms with Crippen molar-refractivity contribution in [1.29, 1.82) is 0 Å². The number of fused-ring (bicyclic) bond motifs is 1. The van der Waals surface area contributed by atoms with Gasteiger partial charge in [-0.3, -0.25) is 4.90 Å². The molecule has 3 rings (SSSR count).